The fraction of sp³-hybridized carbons (Fsp3) is 0.300. The summed E-state index contributed by atoms with van der Waals surface area (Å²) in [5.41, 5.74) is 6.63. The van der Waals surface area contributed by atoms with Crippen molar-refractivity contribution in [1.82, 2.24) is 5.32 Å². The van der Waals surface area contributed by atoms with Gasteiger partial charge in [0.25, 0.3) is 0 Å². The van der Waals surface area contributed by atoms with Gasteiger partial charge in [0.2, 0.25) is 5.91 Å². The molecular formula is C10H14FN3O. The predicted octanol–water partition coefficient (Wildman–Crippen LogP) is 0.590. The number of amides is 1. The van der Waals surface area contributed by atoms with Gasteiger partial charge in [-0.2, -0.15) is 0 Å². The quantitative estimate of drug-likeness (QED) is 0.719. The van der Waals surface area contributed by atoms with Crippen molar-refractivity contribution >= 4 is 17.3 Å². The van der Waals surface area contributed by atoms with Crippen LogP contribution in [0.3, 0.4) is 0 Å². The molecule has 82 valence electrons. The van der Waals surface area contributed by atoms with Gasteiger partial charge in [0, 0.05) is 14.1 Å². The predicted molar refractivity (Wildman–Crippen MR) is 58.1 cm³/mol. The van der Waals surface area contributed by atoms with E-state index >= 15 is 0 Å². The number of anilines is 2. The monoisotopic (exact) mass is 211 g/mol. The summed E-state index contributed by atoms with van der Waals surface area (Å²) < 4.78 is 12.9. The first kappa shape index (κ1) is 11.3. The van der Waals surface area contributed by atoms with Crippen LogP contribution in [-0.2, 0) is 4.79 Å². The molecule has 1 aromatic carbocycles. The third kappa shape index (κ3) is 2.83. The highest BCUT2D eigenvalue weighted by Crippen LogP contribution is 2.22. The largest absolute Gasteiger partial charge is 0.397 e. The lowest BCUT2D eigenvalue weighted by Crippen LogP contribution is -2.33. The van der Waals surface area contributed by atoms with E-state index in [1.54, 1.807) is 19.0 Å². The molecule has 1 amide bonds. The zero-order valence-electron chi connectivity index (χ0n) is 8.75. The topological polar surface area (TPSA) is 58.4 Å². The summed E-state index contributed by atoms with van der Waals surface area (Å²) in [5.74, 6) is -0.524. The summed E-state index contributed by atoms with van der Waals surface area (Å²) >= 11 is 0. The molecule has 0 radical (unpaired) electrons. The number of likely N-dealkylation sites (N-methyl/N-ethyl adjacent to an activating group) is 2. The van der Waals surface area contributed by atoms with Crippen LogP contribution in [0.15, 0.2) is 18.2 Å². The molecule has 0 saturated heterocycles. The smallest absolute Gasteiger partial charge is 0.239 e. The fourth-order valence-electron chi connectivity index (χ4n) is 1.23. The number of nitrogens with two attached hydrogens (primary N) is 1. The van der Waals surface area contributed by atoms with Gasteiger partial charge in [-0.15, -0.1) is 0 Å². The molecule has 0 aliphatic carbocycles. The molecule has 15 heavy (non-hydrogen) atoms. The molecule has 0 fully saturated rings. The number of carbonyl (C=O) groups excluding carboxylic acids is 1. The van der Waals surface area contributed by atoms with Crippen molar-refractivity contribution in [2.45, 2.75) is 0 Å². The highest BCUT2D eigenvalue weighted by molar-refractivity contribution is 5.82. The number of rotatable bonds is 3. The van der Waals surface area contributed by atoms with Gasteiger partial charge >= 0.3 is 0 Å². The summed E-state index contributed by atoms with van der Waals surface area (Å²) in [6.45, 7) is 0.143. The summed E-state index contributed by atoms with van der Waals surface area (Å²) in [6.07, 6.45) is 0. The molecule has 0 aliphatic rings. The zero-order valence-corrected chi connectivity index (χ0v) is 8.75. The summed E-state index contributed by atoms with van der Waals surface area (Å²) in [4.78, 5) is 12.7. The lowest BCUT2D eigenvalue weighted by atomic mass is 10.2. The maximum Gasteiger partial charge on any atom is 0.239 e. The van der Waals surface area contributed by atoms with E-state index in [1.165, 1.54) is 18.2 Å². The van der Waals surface area contributed by atoms with Gasteiger partial charge < -0.3 is 16.0 Å². The molecule has 4 nitrogen and oxygen atoms in total. The number of nitrogens with one attached hydrogen (secondary N) is 1. The van der Waals surface area contributed by atoms with E-state index in [-0.39, 0.29) is 18.3 Å². The second-order valence-corrected chi connectivity index (χ2v) is 3.23. The highest BCUT2D eigenvalue weighted by atomic mass is 19.1. The van der Waals surface area contributed by atoms with Crippen molar-refractivity contribution in [3.05, 3.63) is 24.0 Å². The lowest BCUT2D eigenvalue weighted by Gasteiger charge is -2.19. The molecule has 0 aromatic heterocycles. The average Bonchev–Trinajstić information content (AvgIpc) is 2.21. The Morgan fingerprint density at radius 2 is 2.27 bits per heavy atom. The van der Waals surface area contributed by atoms with E-state index < -0.39 is 0 Å². The second-order valence-electron chi connectivity index (χ2n) is 3.23. The fourth-order valence-corrected chi connectivity index (χ4v) is 1.23. The van der Waals surface area contributed by atoms with Crippen LogP contribution in [-0.4, -0.2) is 26.5 Å². The van der Waals surface area contributed by atoms with E-state index in [0.717, 1.165) is 0 Å². The third-order valence-electron chi connectivity index (χ3n) is 2.06. The molecule has 0 spiro atoms. The standard InChI is InChI=1S/C10H14FN3O/c1-13-10(15)6-14(2)9-5-7(11)3-4-8(9)12/h3-5H,6,12H2,1-2H3,(H,13,15). The molecule has 1 aromatic rings. The number of halogens is 1. The average molecular weight is 211 g/mol. The minimum absolute atomic E-state index is 0.143. The van der Waals surface area contributed by atoms with Crippen LogP contribution in [0.2, 0.25) is 0 Å². The summed E-state index contributed by atoms with van der Waals surface area (Å²) in [6, 6.07) is 4.07. The Bertz CT molecular complexity index is 368. The molecule has 0 aliphatic heterocycles. The molecule has 5 heteroatoms. The molecular weight excluding hydrogens is 197 g/mol. The maximum atomic E-state index is 12.9. The molecule has 1 rings (SSSR count). The molecule has 3 N–H and O–H groups in total. The Morgan fingerprint density at radius 1 is 1.60 bits per heavy atom. The van der Waals surface area contributed by atoms with E-state index in [1.807, 2.05) is 0 Å². The van der Waals surface area contributed by atoms with Gasteiger partial charge in [-0.05, 0) is 18.2 Å². The number of benzene rings is 1. The van der Waals surface area contributed by atoms with Gasteiger partial charge in [-0.1, -0.05) is 0 Å². The van der Waals surface area contributed by atoms with Crippen LogP contribution in [0.4, 0.5) is 15.8 Å². The maximum absolute atomic E-state index is 12.9. The van der Waals surface area contributed by atoms with Gasteiger partial charge in [-0.3, -0.25) is 4.79 Å². The van der Waals surface area contributed by atoms with Crippen molar-refractivity contribution in [2.24, 2.45) is 0 Å². The Kier molecular flexibility index (Phi) is 3.49. The Balaban J connectivity index is 2.85. The number of nitrogen functional groups attached to an aromatic ring is 1. The van der Waals surface area contributed by atoms with E-state index in [9.17, 15) is 9.18 Å². The van der Waals surface area contributed by atoms with Gasteiger partial charge in [0.1, 0.15) is 5.82 Å². The van der Waals surface area contributed by atoms with Crippen molar-refractivity contribution in [2.75, 3.05) is 31.3 Å². The van der Waals surface area contributed by atoms with E-state index in [2.05, 4.69) is 5.32 Å². The minimum atomic E-state index is -0.372. The van der Waals surface area contributed by atoms with Crippen molar-refractivity contribution in [1.29, 1.82) is 0 Å². The van der Waals surface area contributed by atoms with Crippen molar-refractivity contribution in [3.63, 3.8) is 0 Å². The minimum Gasteiger partial charge on any atom is -0.397 e. The third-order valence-corrected chi connectivity index (χ3v) is 2.06. The number of hydrogen-bond acceptors (Lipinski definition) is 3. The first-order valence-corrected chi connectivity index (χ1v) is 4.51. The lowest BCUT2D eigenvalue weighted by molar-refractivity contribution is -0.119. The van der Waals surface area contributed by atoms with Crippen LogP contribution in [0.1, 0.15) is 0 Å². The molecule has 0 atom stereocenters. The van der Waals surface area contributed by atoms with Gasteiger partial charge in [0.05, 0.1) is 17.9 Å². The Labute approximate surface area is 87.9 Å². The van der Waals surface area contributed by atoms with Crippen LogP contribution in [0.25, 0.3) is 0 Å². The van der Waals surface area contributed by atoms with Crippen LogP contribution in [0.5, 0.6) is 0 Å². The molecule has 0 bridgehead atoms. The zero-order chi connectivity index (χ0) is 11.4. The summed E-state index contributed by atoms with van der Waals surface area (Å²) in [5, 5.41) is 2.48. The number of carbonyl (C=O) groups is 1. The SMILES string of the molecule is CNC(=O)CN(C)c1cc(F)ccc1N. The summed E-state index contributed by atoms with van der Waals surface area (Å²) in [7, 11) is 3.23. The highest BCUT2D eigenvalue weighted by Gasteiger charge is 2.09. The number of hydrogen-bond donors (Lipinski definition) is 2. The van der Waals surface area contributed by atoms with E-state index in [0.29, 0.717) is 11.4 Å². The van der Waals surface area contributed by atoms with Crippen molar-refractivity contribution in [3.8, 4) is 0 Å². The number of nitrogens with zero attached hydrogens (tertiary/aromatic N) is 1. The molecule has 0 heterocycles. The van der Waals surface area contributed by atoms with Crippen molar-refractivity contribution < 1.29 is 9.18 Å². The van der Waals surface area contributed by atoms with Crippen LogP contribution < -0.4 is 16.0 Å². The van der Waals surface area contributed by atoms with Crippen LogP contribution >= 0.6 is 0 Å². The Hall–Kier alpha value is -1.78. The van der Waals surface area contributed by atoms with Gasteiger partial charge in [-0.25, -0.2) is 4.39 Å². The first-order chi connectivity index (χ1) is 7.04. The molecule has 0 saturated carbocycles. The Morgan fingerprint density at radius 3 is 2.87 bits per heavy atom. The van der Waals surface area contributed by atoms with E-state index in [4.69, 9.17) is 5.73 Å². The normalized spacial score (nSPS) is 9.80. The first-order valence-electron chi connectivity index (χ1n) is 4.51. The second kappa shape index (κ2) is 4.63. The van der Waals surface area contributed by atoms with Gasteiger partial charge in [0.15, 0.2) is 0 Å². The molecule has 0 unspecified atom stereocenters. The van der Waals surface area contributed by atoms with Crippen LogP contribution in [0, 0.1) is 5.82 Å².